The SMILES string of the molecule is COC(=O)C1CCCC[C@@H]1N. The van der Waals surface area contributed by atoms with E-state index in [2.05, 4.69) is 4.74 Å². The molecule has 11 heavy (non-hydrogen) atoms. The summed E-state index contributed by atoms with van der Waals surface area (Å²) in [5, 5.41) is 0. The van der Waals surface area contributed by atoms with Crippen LogP contribution in [0.3, 0.4) is 0 Å². The fourth-order valence-electron chi connectivity index (χ4n) is 1.60. The lowest BCUT2D eigenvalue weighted by Crippen LogP contribution is -2.38. The Morgan fingerprint density at radius 1 is 1.45 bits per heavy atom. The molecule has 0 aliphatic heterocycles. The fraction of sp³-hybridized carbons (Fsp3) is 0.875. The zero-order valence-electron chi connectivity index (χ0n) is 6.88. The van der Waals surface area contributed by atoms with Crippen molar-refractivity contribution in [2.45, 2.75) is 31.7 Å². The Bertz CT molecular complexity index is 147. The molecule has 0 aromatic rings. The predicted octanol–water partition coefficient (Wildman–Crippen LogP) is 0.677. The van der Waals surface area contributed by atoms with Crippen molar-refractivity contribution in [3.05, 3.63) is 0 Å². The van der Waals surface area contributed by atoms with Crippen LogP contribution < -0.4 is 5.73 Å². The second-order valence-corrected chi connectivity index (χ2v) is 3.08. The van der Waals surface area contributed by atoms with Crippen molar-refractivity contribution in [3.63, 3.8) is 0 Å². The number of carbonyl (C=O) groups excluding carboxylic acids is 1. The van der Waals surface area contributed by atoms with E-state index in [1.54, 1.807) is 0 Å². The van der Waals surface area contributed by atoms with Crippen molar-refractivity contribution in [2.24, 2.45) is 11.7 Å². The number of ether oxygens (including phenoxy) is 1. The van der Waals surface area contributed by atoms with Gasteiger partial charge in [0.15, 0.2) is 0 Å². The molecule has 1 fully saturated rings. The average molecular weight is 157 g/mol. The summed E-state index contributed by atoms with van der Waals surface area (Å²) in [6.07, 6.45) is 4.11. The molecule has 1 aliphatic carbocycles. The van der Waals surface area contributed by atoms with Crippen molar-refractivity contribution >= 4 is 5.97 Å². The Morgan fingerprint density at radius 3 is 2.64 bits per heavy atom. The zero-order chi connectivity index (χ0) is 8.27. The van der Waals surface area contributed by atoms with E-state index in [4.69, 9.17) is 5.73 Å². The van der Waals surface area contributed by atoms with Crippen LogP contribution in [0.1, 0.15) is 25.7 Å². The lowest BCUT2D eigenvalue weighted by Gasteiger charge is -2.25. The van der Waals surface area contributed by atoms with Crippen LogP contribution in [0.5, 0.6) is 0 Å². The van der Waals surface area contributed by atoms with Crippen LogP contribution in [-0.4, -0.2) is 19.1 Å². The number of carbonyl (C=O) groups is 1. The number of nitrogens with two attached hydrogens (primary N) is 1. The summed E-state index contributed by atoms with van der Waals surface area (Å²) in [5.74, 6) is -0.189. The standard InChI is InChI=1S/C8H15NO2/c1-11-8(10)6-4-2-3-5-7(6)9/h6-7H,2-5,9H2,1H3/t6?,7-/m0/s1. The highest BCUT2D eigenvalue weighted by atomic mass is 16.5. The molecule has 0 spiro atoms. The van der Waals surface area contributed by atoms with Gasteiger partial charge in [0.1, 0.15) is 0 Å². The van der Waals surface area contributed by atoms with Gasteiger partial charge >= 0.3 is 5.97 Å². The van der Waals surface area contributed by atoms with Crippen LogP contribution in [-0.2, 0) is 9.53 Å². The monoisotopic (exact) mass is 157 g/mol. The van der Waals surface area contributed by atoms with Gasteiger partial charge in [-0.2, -0.15) is 0 Å². The molecule has 64 valence electrons. The number of rotatable bonds is 1. The molecule has 1 unspecified atom stereocenters. The summed E-state index contributed by atoms with van der Waals surface area (Å²) in [5.41, 5.74) is 5.75. The number of hydrogen-bond acceptors (Lipinski definition) is 3. The minimum absolute atomic E-state index is 0.0243. The molecule has 2 atom stereocenters. The Morgan fingerprint density at radius 2 is 2.09 bits per heavy atom. The second kappa shape index (κ2) is 3.72. The highest BCUT2D eigenvalue weighted by Gasteiger charge is 2.28. The molecular weight excluding hydrogens is 142 g/mol. The first-order chi connectivity index (χ1) is 5.25. The first-order valence-electron chi connectivity index (χ1n) is 4.09. The van der Waals surface area contributed by atoms with Gasteiger partial charge in [-0.1, -0.05) is 12.8 Å². The number of hydrogen-bond donors (Lipinski definition) is 1. The lowest BCUT2D eigenvalue weighted by atomic mass is 9.85. The predicted molar refractivity (Wildman–Crippen MR) is 41.9 cm³/mol. The highest BCUT2D eigenvalue weighted by molar-refractivity contribution is 5.73. The van der Waals surface area contributed by atoms with Gasteiger partial charge in [0.05, 0.1) is 13.0 Å². The smallest absolute Gasteiger partial charge is 0.310 e. The van der Waals surface area contributed by atoms with Crippen molar-refractivity contribution < 1.29 is 9.53 Å². The van der Waals surface area contributed by atoms with E-state index in [0.717, 1.165) is 25.7 Å². The third kappa shape index (κ3) is 1.93. The molecule has 3 nitrogen and oxygen atoms in total. The molecule has 0 saturated heterocycles. The fourth-order valence-corrected chi connectivity index (χ4v) is 1.60. The highest BCUT2D eigenvalue weighted by Crippen LogP contribution is 2.23. The van der Waals surface area contributed by atoms with Gasteiger partial charge < -0.3 is 10.5 Å². The minimum Gasteiger partial charge on any atom is -0.469 e. The summed E-state index contributed by atoms with van der Waals surface area (Å²) >= 11 is 0. The van der Waals surface area contributed by atoms with Crippen LogP contribution in [0.15, 0.2) is 0 Å². The zero-order valence-corrected chi connectivity index (χ0v) is 6.88. The Labute approximate surface area is 66.9 Å². The van der Waals surface area contributed by atoms with E-state index < -0.39 is 0 Å². The topological polar surface area (TPSA) is 52.3 Å². The molecule has 1 aliphatic rings. The molecule has 1 rings (SSSR count). The van der Waals surface area contributed by atoms with Crippen LogP contribution >= 0.6 is 0 Å². The first-order valence-corrected chi connectivity index (χ1v) is 4.09. The summed E-state index contributed by atoms with van der Waals surface area (Å²) in [7, 11) is 1.42. The van der Waals surface area contributed by atoms with Crippen molar-refractivity contribution in [1.82, 2.24) is 0 Å². The van der Waals surface area contributed by atoms with Crippen molar-refractivity contribution in [2.75, 3.05) is 7.11 Å². The summed E-state index contributed by atoms with van der Waals surface area (Å²) in [6.45, 7) is 0. The molecular formula is C8H15NO2. The normalized spacial score (nSPS) is 31.5. The maximum absolute atomic E-state index is 11.1. The molecule has 0 bridgehead atoms. The van der Waals surface area contributed by atoms with Gasteiger partial charge in [0.25, 0.3) is 0 Å². The van der Waals surface area contributed by atoms with Gasteiger partial charge in [0.2, 0.25) is 0 Å². The van der Waals surface area contributed by atoms with Gasteiger partial charge in [-0.3, -0.25) is 4.79 Å². The number of methoxy groups -OCH3 is 1. The van der Waals surface area contributed by atoms with E-state index in [1.165, 1.54) is 7.11 Å². The van der Waals surface area contributed by atoms with Crippen LogP contribution in [0.4, 0.5) is 0 Å². The molecule has 0 aromatic carbocycles. The van der Waals surface area contributed by atoms with Crippen LogP contribution in [0.25, 0.3) is 0 Å². The van der Waals surface area contributed by atoms with E-state index in [-0.39, 0.29) is 17.9 Å². The Hall–Kier alpha value is -0.570. The molecule has 0 aromatic heterocycles. The molecule has 1 saturated carbocycles. The summed E-state index contributed by atoms with van der Waals surface area (Å²) in [6, 6.07) is 0.0243. The average Bonchev–Trinajstić information content (AvgIpc) is 2.04. The Kier molecular flexibility index (Phi) is 2.88. The van der Waals surface area contributed by atoms with E-state index in [1.807, 2.05) is 0 Å². The maximum atomic E-state index is 11.1. The number of esters is 1. The van der Waals surface area contributed by atoms with Gasteiger partial charge in [-0.25, -0.2) is 0 Å². The maximum Gasteiger partial charge on any atom is 0.310 e. The molecule has 0 radical (unpaired) electrons. The Balaban J connectivity index is 2.47. The van der Waals surface area contributed by atoms with E-state index in [0.29, 0.717) is 0 Å². The minimum atomic E-state index is -0.141. The third-order valence-corrected chi connectivity index (χ3v) is 2.32. The van der Waals surface area contributed by atoms with Crippen molar-refractivity contribution in [1.29, 1.82) is 0 Å². The molecule has 2 N–H and O–H groups in total. The quantitative estimate of drug-likeness (QED) is 0.569. The summed E-state index contributed by atoms with van der Waals surface area (Å²) < 4.78 is 4.64. The largest absolute Gasteiger partial charge is 0.469 e. The summed E-state index contributed by atoms with van der Waals surface area (Å²) in [4.78, 5) is 11.1. The van der Waals surface area contributed by atoms with Gasteiger partial charge in [-0.15, -0.1) is 0 Å². The first kappa shape index (κ1) is 8.53. The van der Waals surface area contributed by atoms with E-state index >= 15 is 0 Å². The van der Waals surface area contributed by atoms with Crippen LogP contribution in [0, 0.1) is 5.92 Å². The third-order valence-electron chi connectivity index (χ3n) is 2.32. The van der Waals surface area contributed by atoms with E-state index in [9.17, 15) is 4.79 Å². The molecule has 0 amide bonds. The van der Waals surface area contributed by atoms with Gasteiger partial charge in [0, 0.05) is 6.04 Å². The lowest BCUT2D eigenvalue weighted by molar-refractivity contribution is -0.147. The molecule has 0 heterocycles. The van der Waals surface area contributed by atoms with Gasteiger partial charge in [-0.05, 0) is 12.8 Å². The van der Waals surface area contributed by atoms with Crippen LogP contribution in [0.2, 0.25) is 0 Å². The molecule has 3 heteroatoms. The van der Waals surface area contributed by atoms with Crippen molar-refractivity contribution in [3.8, 4) is 0 Å². The second-order valence-electron chi connectivity index (χ2n) is 3.08.